The van der Waals surface area contributed by atoms with Crippen LogP contribution in [-0.4, -0.2) is 0 Å². The highest BCUT2D eigenvalue weighted by Crippen LogP contribution is 2.34. The van der Waals surface area contributed by atoms with Crippen LogP contribution in [0, 0.1) is 0 Å². The van der Waals surface area contributed by atoms with E-state index in [-0.39, 0.29) is 0 Å². The second-order valence-electron chi connectivity index (χ2n) is 4.04. The number of halogens is 1. The number of thiophene rings is 1. The topological polar surface area (TPSA) is 0 Å². The second kappa shape index (κ2) is 5.09. The minimum atomic E-state index is 1.12. The van der Waals surface area contributed by atoms with Gasteiger partial charge in [-0.2, -0.15) is 0 Å². The average Bonchev–Trinajstić information content (AvgIpc) is 2.89. The van der Waals surface area contributed by atoms with Crippen LogP contribution in [0.5, 0.6) is 0 Å². The molecule has 0 aliphatic rings. The Labute approximate surface area is 119 Å². The third-order valence-electron chi connectivity index (χ3n) is 2.77. The van der Waals surface area contributed by atoms with E-state index in [2.05, 4.69) is 76.6 Å². The van der Waals surface area contributed by atoms with Gasteiger partial charge < -0.3 is 0 Å². The lowest BCUT2D eigenvalue weighted by Crippen LogP contribution is -1.71. The van der Waals surface area contributed by atoms with Gasteiger partial charge in [0.1, 0.15) is 0 Å². The largest absolute Gasteiger partial charge is 0.135 e. The van der Waals surface area contributed by atoms with Gasteiger partial charge in [-0.15, -0.1) is 11.3 Å². The normalized spacial score (nSPS) is 10.5. The summed E-state index contributed by atoms with van der Waals surface area (Å²) in [5, 5.41) is 0. The van der Waals surface area contributed by atoms with Gasteiger partial charge in [-0.1, -0.05) is 58.4 Å². The Kier molecular flexibility index (Phi) is 3.31. The number of hydrogen-bond acceptors (Lipinski definition) is 1. The van der Waals surface area contributed by atoms with Crippen molar-refractivity contribution < 1.29 is 0 Å². The van der Waals surface area contributed by atoms with Crippen molar-refractivity contribution in [3.63, 3.8) is 0 Å². The van der Waals surface area contributed by atoms with Gasteiger partial charge in [0.05, 0.1) is 0 Å². The quantitative estimate of drug-likeness (QED) is 0.557. The maximum atomic E-state index is 3.52. The summed E-state index contributed by atoms with van der Waals surface area (Å²) in [5.41, 5.74) is 2.54. The SMILES string of the molecule is Brc1cccc(-c2ccc(-c3ccccc3)s2)c1. The van der Waals surface area contributed by atoms with Crippen LogP contribution < -0.4 is 0 Å². The molecule has 0 bridgehead atoms. The first-order valence-electron chi connectivity index (χ1n) is 5.74. The van der Waals surface area contributed by atoms with Crippen LogP contribution in [0.4, 0.5) is 0 Å². The fourth-order valence-electron chi connectivity index (χ4n) is 1.89. The average molecular weight is 315 g/mol. The molecule has 1 heterocycles. The molecule has 3 rings (SSSR count). The van der Waals surface area contributed by atoms with Gasteiger partial charge in [-0.3, -0.25) is 0 Å². The Balaban J connectivity index is 2.00. The summed E-state index contributed by atoms with van der Waals surface area (Å²) < 4.78 is 1.12. The zero-order valence-corrected chi connectivity index (χ0v) is 12.0. The zero-order chi connectivity index (χ0) is 12.4. The molecule has 3 aromatic rings. The summed E-state index contributed by atoms with van der Waals surface area (Å²) in [4.78, 5) is 2.61. The van der Waals surface area contributed by atoms with Crippen LogP contribution in [0.2, 0.25) is 0 Å². The summed E-state index contributed by atoms with van der Waals surface area (Å²) >= 11 is 5.34. The smallest absolute Gasteiger partial charge is 0.0349 e. The highest BCUT2D eigenvalue weighted by molar-refractivity contribution is 9.10. The first-order chi connectivity index (χ1) is 8.83. The van der Waals surface area contributed by atoms with Crippen molar-refractivity contribution in [1.82, 2.24) is 0 Å². The van der Waals surface area contributed by atoms with Gasteiger partial charge in [0.15, 0.2) is 0 Å². The van der Waals surface area contributed by atoms with Crippen molar-refractivity contribution in [3.05, 3.63) is 71.2 Å². The molecule has 2 heteroatoms. The van der Waals surface area contributed by atoms with Gasteiger partial charge in [0, 0.05) is 14.2 Å². The van der Waals surface area contributed by atoms with Crippen molar-refractivity contribution in [2.75, 3.05) is 0 Å². The van der Waals surface area contributed by atoms with E-state index in [4.69, 9.17) is 0 Å². The molecular formula is C16H11BrS. The maximum absolute atomic E-state index is 3.52. The molecule has 0 saturated carbocycles. The Bertz CT molecular complexity index is 656. The van der Waals surface area contributed by atoms with E-state index in [1.54, 1.807) is 0 Å². The van der Waals surface area contributed by atoms with Crippen LogP contribution in [0.15, 0.2) is 71.2 Å². The third kappa shape index (κ3) is 2.40. The van der Waals surface area contributed by atoms with Crippen LogP contribution in [0.1, 0.15) is 0 Å². The van der Waals surface area contributed by atoms with Crippen molar-refractivity contribution in [3.8, 4) is 20.9 Å². The first kappa shape index (κ1) is 11.7. The van der Waals surface area contributed by atoms with Crippen LogP contribution >= 0.6 is 27.3 Å². The maximum Gasteiger partial charge on any atom is 0.0349 e. The van der Waals surface area contributed by atoms with E-state index >= 15 is 0 Å². The van der Waals surface area contributed by atoms with Crippen molar-refractivity contribution in [2.24, 2.45) is 0 Å². The van der Waals surface area contributed by atoms with Gasteiger partial charge >= 0.3 is 0 Å². The molecular weight excluding hydrogens is 304 g/mol. The molecule has 0 amide bonds. The van der Waals surface area contributed by atoms with Gasteiger partial charge in [-0.25, -0.2) is 0 Å². The predicted molar refractivity (Wildman–Crippen MR) is 82.9 cm³/mol. The zero-order valence-electron chi connectivity index (χ0n) is 9.64. The number of benzene rings is 2. The number of hydrogen-bond donors (Lipinski definition) is 0. The molecule has 2 aromatic carbocycles. The summed E-state index contributed by atoms with van der Waals surface area (Å²) in [6.45, 7) is 0. The molecule has 0 saturated heterocycles. The fourth-order valence-corrected chi connectivity index (χ4v) is 3.30. The van der Waals surface area contributed by atoms with Crippen molar-refractivity contribution in [2.45, 2.75) is 0 Å². The van der Waals surface area contributed by atoms with Crippen molar-refractivity contribution >= 4 is 27.3 Å². The monoisotopic (exact) mass is 314 g/mol. The molecule has 0 aliphatic heterocycles. The first-order valence-corrected chi connectivity index (χ1v) is 7.35. The molecule has 0 radical (unpaired) electrons. The second-order valence-corrected chi connectivity index (χ2v) is 6.04. The van der Waals surface area contributed by atoms with Gasteiger partial charge in [0.25, 0.3) is 0 Å². The summed E-state index contributed by atoms with van der Waals surface area (Å²) in [5.74, 6) is 0. The summed E-state index contributed by atoms with van der Waals surface area (Å²) in [7, 11) is 0. The van der Waals surface area contributed by atoms with E-state index in [0.717, 1.165) is 4.47 Å². The highest BCUT2D eigenvalue weighted by Gasteiger charge is 2.04. The molecule has 0 N–H and O–H groups in total. The molecule has 88 valence electrons. The summed E-state index contributed by atoms with van der Waals surface area (Å²) in [6, 6.07) is 23.3. The Hall–Kier alpha value is -1.38. The molecule has 0 nitrogen and oxygen atoms in total. The lowest BCUT2D eigenvalue weighted by molar-refractivity contribution is 1.65. The lowest BCUT2D eigenvalue weighted by atomic mass is 10.2. The van der Waals surface area contributed by atoms with Crippen molar-refractivity contribution in [1.29, 1.82) is 0 Å². The fraction of sp³-hybridized carbons (Fsp3) is 0. The Morgan fingerprint density at radius 1 is 0.667 bits per heavy atom. The van der Waals surface area contributed by atoms with Crippen LogP contribution in [0.3, 0.4) is 0 Å². The molecule has 1 aromatic heterocycles. The molecule has 0 atom stereocenters. The highest BCUT2D eigenvalue weighted by atomic mass is 79.9. The van der Waals surface area contributed by atoms with E-state index < -0.39 is 0 Å². The predicted octanol–water partition coefficient (Wildman–Crippen LogP) is 5.84. The minimum Gasteiger partial charge on any atom is -0.135 e. The molecule has 0 unspecified atom stereocenters. The lowest BCUT2D eigenvalue weighted by Gasteiger charge is -1.98. The van der Waals surface area contributed by atoms with E-state index in [1.807, 2.05) is 17.4 Å². The Morgan fingerprint density at radius 3 is 2.06 bits per heavy atom. The third-order valence-corrected chi connectivity index (χ3v) is 4.45. The van der Waals surface area contributed by atoms with Crippen LogP contribution in [-0.2, 0) is 0 Å². The van der Waals surface area contributed by atoms with Gasteiger partial charge in [0.2, 0.25) is 0 Å². The Morgan fingerprint density at radius 2 is 1.33 bits per heavy atom. The van der Waals surface area contributed by atoms with E-state index in [1.165, 1.54) is 20.9 Å². The van der Waals surface area contributed by atoms with E-state index in [0.29, 0.717) is 0 Å². The molecule has 18 heavy (non-hydrogen) atoms. The summed E-state index contributed by atoms with van der Waals surface area (Å²) in [6.07, 6.45) is 0. The number of rotatable bonds is 2. The molecule has 0 aliphatic carbocycles. The minimum absolute atomic E-state index is 1.12. The molecule has 0 fully saturated rings. The molecule has 0 spiro atoms. The standard InChI is InChI=1S/C16H11BrS/c17-14-8-4-7-13(11-14)16-10-9-15(18-16)12-5-2-1-3-6-12/h1-11H. The van der Waals surface area contributed by atoms with Gasteiger partial charge in [-0.05, 0) is 35.4 Å². The van der Waals surface area contributed by atoms with E-state index in [9.17, 15) is 0 Å². The van der Waals surface area contributed by atoms with Crippen LogP contribution in [0.25, 0.3) is 20.9 Å².